The fourth-order valence-corrected chi connectivity index (χ4v) is 3.97. The average molecular weight is 417 g/mol. The monoisotopic (exact) mass is 416 g/mol. The van der Waals surface area contributed by atoms with Crippen LogP contribution in [0.4, 0.5) is 11.4 Å². The van der Waals surface area contributed by atoms with E-state index < -0.39 is 10.0 Å². The summed E-state index contributed by atoms with van der Waals surface area (Å²) in [6.45, 7) is 0. The van der Waals surface area contributed by atoms with Gasteiger partial charge in [0.15, 0.2) is 0 Å². The first-order chi connectivity index (χ1) is 13.3. The van der Waals surface area contributed by atoms with Crippen LogP contribution in [0.25, 0.3) is 10.8 Å². The molecule has 0 unspecified atom stereocenters. The van der Waals surface area contributed by atoms with Gasteiger partial charge in [-0.2, -0.15) is 0 Å². The van der Waals surface area contributed by atoms with Crippen molar-refractivity contribution in [1.29, 1.82) is 0 Å². The highest BCUT2D eigenvalue weighted by Crippen LogP contribution is 2.29. The molecule has 0 heterocycles. The molecule has 6 nitrogen and oxygen atoms in total. The maximum atomic E-state index is 12.3. The topological polar surface area (TPSA) is 84.5 Å². The van der Waals surface area contributed by atoms with E-state index in [9.17, 15) is 13.2 Å². The summed E-state index contributed by atoms with van der Waals surface area (Å²) in [7, 11) is -1.99. The van der Waals surface area contributed by atoms with Gasteiger partial charge in [-0.3, -0.25) is 9.52 Å². The molecule has 0 fully saturated rings. The number of nitrogens with one attached hydrogen (secondary N) is 2. The molecule has 3 aromatic carbocycles. The molecule has 3 rings (SSSR count). The van der Waals surface area contributed by atoms with Gasteiger partial charge in [-0.15, -0.1) is 11.8 Å². The summed E-state index contributed by atoms with van der Waals surface area (Å²) >= 11 is 1.45. The van der Waals surface area contributed by atoms with Crippen molar-refractivity contribution in [2.24, 2.45) is 0 Å². The van der Waals surface area contributed by atoms with Gasteiger partial charge in [-0.1, -0.05) is 30.3 Å². The molecule has 0 bridgehead atoms. The summed E-state index contributed by atoms with van der Waals surface area (Å²) < 4.78 is 30.4. The molecule has 0 aliphatic carbocycles. The van der Waals surface area contributed by atoms with E-state index >= 15 is 0 Å². The molecule has 0 aliphatic heterocycles. The van der Waals surface area contributed by atoms with Crippen LogP contribution >= 0.6 is 11.8 Å². The van der Waals surface area contributed by atoms with Crippen molar-refractivity contribution in [3.63, 3.8) is 0 Å². The van der Waals surface area contributed by atoms with E-state index in [1.165, 1.54) is 18.9 Å². The number of fused-ring (bicyclic) bond motifs is 1. The van der Waals surface area contributed by atoms with Crippen LogP contribution in [0.15, 0.2) is 65.6 Å². The van der Waals surface area contributed by atoms with Gasteiger partial charge in [-0.05, 0) is 35.0 Å². The smallest absolute Gasteiger partial charge is 0.234 e. The van der Waals surface area contributed by atoms with Crippen molar-refractivity contribution in [2.75, 3.05) is 29.2 Å². The molecule has 2 N–H and O–H groups in total. The Labute approximate surface area is 168 Å². The number of rotatable bonds is 7. The summed E-state index contributed by atoms with van der Waals surface area (Å²) in [5, 5.41) is 5.09. The van der Waals surface area contributed by atoms with Crippen LogP contribution in [-0.4, -0.2) is 33.4 Å². The van der Waals surface area contributed by atoms with Crippen LogP contribution in [0, 0.1) is 0 Å². The lowest BCUT2D eigenvalue weighted by molar-refractivity contribution is -0.113. The van der Waals surface area contributed by atoms with Gasteiger partial charge >= 0.3 is 0 Å². The number of carbonyl (C=O) groups excluding carboxylic acids is 1. The van der Waals surface area contributed by atoms with Crippen LogP contribution in [0.5, 0.6) is 5.75 Å². The molecular formula is C20H20N2O4S2. The summed E-state index contributed by atoms with van der Waals surface area (Å²) in [6, 6.07) is 18.9. The Balaban J connectivity index is 1.63. The first-order valence-electron chi connectivity index (χ1n) is 8.41. The number of anilines is 2. The van der Waals surface area contributed by atoms with E-state index in [0.717, 1.165) is 21.9 Å². The zero-order valence-corrected chi connectivity index (χ0v) is 17.1. The molecule has 0 aliphatic rings. The second-order valence-corrected chi connectivity index (χ2v) is 8.93. The summed E-state index contributed by atoms with van der Waals surface area (Å²) in [5.41, 5.74) is 0.841. The van der Waals surface area contributed by atoms with Gasteiger partial charge in [0.25, 0.3) is 0 Å². The number of sulfonamides is 1. The van der Waals surface area contributed by atoms with Gasteiger partial charge in [-0.25, -0.2) is 8.42 Å². The van der Waals surface area contributed by atoms with Gasteiger partial charge in [0, 0.05) is 16.6 Å². The predicted molar refractivity (Wildman–Crippen MR) is 115 cm³/mol. The summed E-state index contributed by atoms with van der Waals surface area (Å²) in [6.07, 6.45) is 1.06. The van der Waals surface area contributed by atoms with Crippen molar-refractivity contribution >= 4 is 49.8 Å². The highest BCUT2D eigenvalue weighted by Gasteiger charge is 2.11. The Kier molecular flexibility index (Phi) is 6.11. The summed E-state index contributed by atoms with van der Waals surface area (Å²) in [4.78, 5) is 13.3. The number of hydrogen-bond acceptors (Lipinski definition) is 5. The van der Waals surface area contributed by atoms with Crippen molar-refractivity contribution in [3.05, 3.63) is 60.7 Å². The lowest BCUT2D eigenvalue weighted by atomic mass is 10.1. The fraction of sp³-hybridized carbons (Fsp3) is 0.150. The zero-order chi connectivity index (χ0) is 20.1. The first kappa shape index (κ1) is 20.0. The maximum absolute atomic E-state index is 12.3. The minimum Gasteiger partial charge on any atom is -0.494 e. The molecule has 8 heteroatoms. The van der Waals surface area contributed by atoms with Crippen LogP contribution in [-0.2, 0) is 14.8 Å². The molecule has 1 amide bonds. The van der Waals surface area contributed by atoms with Crippen molar-refractivity contribution < 1.29 is 17.9 Å². The Bertz CT molecular complexity index is 1110. The molecule has 0 atom stereocenters. The third-order valence-electron chi connectivity index (χ3n) is 3.87. The fourth-order valence-electron chi connectivity index (χ4n) is 2.66. The van der Waals surface area contributed by atoms with E-state index in [2.05, 4.69) is 16.1 Å². The van der Waals surface area contributed by atoms with E-state index in [1.807, 2.05) is 36.4 Å². The van der Waals surface area contributed by atoms with Crippen molar-refractivity contribution in [1.82, 2.24) is 0 Å². The Morgan fingerprint density at radius 1 is 1.04 bits per heavy atom. The molecule has 0 spiro atoms. The Hall–Kier alpha value is -2.71. The third-order valence-corrected chi connectivity index (χ3v) is 5.46. The predicted octanol–water partition coefficient (Wildman–Crippen LogP) is 3.95. The van der Waals surface area contributed by atoms with Gasteiger partial charge < -0.3 is 10.1 Å². The highest BCUT2D eigenvalue weighted by atomic mass is 32.2. The second-order valence-electron chi connectivity index (χ2n) is 6.14. The Morgan fingerprint density at radius 2 is 1.79 bits per heavy atom. The second kappa shape index (κ2) is 8.53. The van der Waals surface area contributed by atoms with E-state index in [-0.39, 0.29) is 11.7 Å². The quantitative estimate of drug-likeness (QED) is 0.570. The van der Waals surface area contributed by atoms with E-state index in [0.29, 0.717) is 17.1 Å². The zero-order valence-electron chi connectivity index (χ0n) is 15.4. The minimum absolute atomic E-state index is 0.163. The van der Waals surface area contributed by atoms with Crippen molar-refractivity contribution in [3.8, 4) is 5.75 Å². The number of ether oxygens (including phenoxy) is 1. The highest BCUT2D eigenvalue weighted by molar-refractivity contribution is 8.00. The molecule has 0 radical (unpaired) electrons. The normalized spacial score (nSPS) is 11.2. The molecule has 0 saturated heterocycles. The number of methoxy groups -OCH3 is 1. The Morgan fingerprint density at radius 3 is 2.50 bits per heavy atom. The average Bonchev–Trinajstić information content (AvgIpc) is 2.66. The molecule has 28 heavy (non-hydrogen) atoms. The van der Waals surface area contributed by atoms with Gasteiger partial charge in [0.05, 0.1) is 24.8 Å². The lowest BCUT2D eigenvalue weighted by Crippen LogP contribution is -2.14. The van der Waals surface area contributed by atoms with Crippen LogP contribution < -0.4 is 14.8 Å². The van der Waals surface area contributed by atoms with E-state index in [1.54, 1.807) is 18.2 Å². The number of hydrogen-bond donors (Lipinski definition) is 2. The molecule has 0 aromatic heterocycles. The number of amides is 1. The van der Waals surface area contributed by atoms with Crippen LogP contribution in [0.3, 0.4) is 0 Å². The van der Waals surface area contributed by atoms with Crippen molar-refractivity contribution in [2.45, 2.75) is 4.90 Å². The van der Waals surface area contributed by atoms with Gasteiger partial charge in [0.1, 0.15) is 5.75 Å². The van der Waals surface area contributed by atoms with Crippen LogP contribution in [0.1, 0.15) is 0 Å². The number of carbonyl (C=O) groups is 1. The number of benzene rings is 3. The molecule has 3 aromatic rings. The largest absolute Gasteiger partial charge is 0.494 e. The number of thioether (sulfide) groups is 1. The SMILES string of the molecule is COc1cc(NC(=O)CSc2ccc3ccccc3c2)ccc1NS(C)(=O)=O. The molecule has 146 valence electrons. The summed E-state index contributed by atoms with van der Waals surface area (Å²) in [5.74, 6) is 0.415. The molecule has 0 saturated carbocycles. The minimum atomic E-state index is -3.42. The van der Waals surface area contributed by atoms with E-state index in [4.69, 9.17) is 4.74 Å². The third kappa shape index (κ3) is 5.40. The van der Waals surface area contributed by atoms with Crippen LogP contribution in [0.2, 0.25) is 0 Å². The van der Waals surface area contributed by atoms with Gasteiger partial charge in [0.2, 0.25) is 15.9 Å². The maximum Gasteiger partial charge on any atom is 0.234 e. The first-order valence-corrected chi connectivity index (χ1v) is 11.3. The molecular weight excluding hydrogens is 396 g/mol. The lowest BCUT2D eigenvalue weighted by Gasteiger charge is -2.12. The standard InChI is InChI=1S/C20H20N2O4S2/c1-26-19-12-16(8-10-18(19)22-28(2,24)25)21-20(23)13-27-17-9-7-14-5-3-4-6-15(14)11-17/h3-12,22H,13H2,1-2H3,(H,21,23).